The van der Waals surface area contributed by atoms with Gasteiger partial charge in [-0.05, 0) is 45.8 Å². The molecule has 4 nitrogen and oxygen atoms in total. The summed E-state index contributed by atoms with van der Waals surface area (Å²) in [6.45, 7) is 1.01. The summed E-state index contributed by atoms with van der Waals surface area (Å²) in [4.78, 5) is 0.365. The molecular weight excluding hydrogens is 366 g/mol. The molecule has 0 saturated carbocycles. The summed E-state index contributed by atoms with van der Waals surface area (Å²) in [7, 11) is -1.61. The largest absolute Gasteiger partial charge is 0.496 e. The minimum atomic E-state index is -3.23. The zero-order chi connectivity index (χ0) is 16.0. The molecule has 0 unspecified atom stereocenters. The smallest absolute Gasteiger partial charge is 0.179 e. The van der Waals surface area contributed by atoms with Crippen LogP contribution in [0, 0.1) is 0 Å². The van der Waals surface area contributed by atoms with E-state index in [-0.39, 0.29) is 5.75 Å². The van der Waals surface area contributed by atoms with Crippen LogP contribution in [0.1, 0.15) is 5.56 Å². The van der Waals surface area contributed by atoms with Crippen LogP contribution in [-0.2, 0) is 16.4 Å². The van der Waals surface area contributed by atoms with Crippen molar-refractivity contribution in [1.82, 2.24) is 5.32 Å². The molecule has 2 rings (SSSR count). The molecule has 118 valence electrons. The molecule has 0 aliphatic rings. The van der Waals surface area contributed by atoms with Gasteiger partial charge in [0.05, 0.1) is 22.2 Å². The molecular formula is C16H18BrNO3S. The van der Waals surface area contributed by atoms with Crippen molar-refractivity contribution >= 4 is 25.8 Å². The van der Waals surface area contributed by atoms with E-state index in [1.54, 1.807) is 37.4 Å². The second-order valence-electron chi connectivity index (χ2n) is 4.78. The third kappa shape index (κ3) is 4.56. The number of benzene rings is 2. The molecule has 0 aliphatic heterocycles. The molecule has 0 bridgehead atoms. The van der Waals surface area contributed by atoms with E-state index >= 15 is 0 Å². The number of hydrogen-bond donors (Lipinski definition) is 1. The number of nitrogens with one attached hydrogen (secondary N) is 1. The van der Waals surface area contributed by atoms with Gasteiger partial charge in [-0.25, -0.2) is 8.42 Å². The van der Waals surface area contributed by atoms with E-state index in [4.69, 9.17) is 4.74 Å². The lowest BCUT2D eigenvalue weighted by Crippen LogP contribution is -2.22. The van der Waals surface area contributed by atoms with Crippen molar-refractivity contribution in [3.8, 4) is 5.75 Å². The first-order chi connectivity index (χ1) is 10.5. The molecule has 0 aliphatic carbocycles. The van der Waals surface area contributed by atoms with Gasteiger partial charge in [0.25, 0.3) is 0 Å². The summed E-state index contributed by atoms with van der Waals surface area (Å²) < 4.78 is 30.3. The van der Waals surface area contributed by atoms with Crippen LogP contribution in [0.3, 0.4) is 0 Å². The van der Waals surface area contributed by atoms with E-state index in [9.17, 15) is 8.42 Å². The Hall–Kier alpha value is -1.37. The van der Waals surface area contributed by atoms with Gasteiger partial charge in [0.15, 0.2) is 9.84 Å². The molecule has 0 radical (unpaired) electrons. The molecule has 22 heavy (non-hydrogen) atoms. The topological polar surface area (TPSA) is 55.4 Å². The second-order valence-corrected chi connectivity index (χ2v) is 7.74. The van der Waals surface area contributed by atoms with Crippen molar-refractivity contribution in [3.05, 3.63) is 58.6 Å². The third-order valence-corrected chi connectivity index (χ3v) is 5.55. The van der Waals surface area contributed by atoms with Crippen molar-refractivity contribution < 1.29 is 13.2 Å². The Morgan fingerprint density at radius 3 is 2.50 bits per heavy atom. The molecule has 0 atom stereocenters. The van der Waals surface area contributed by atoms with Gasteiger partial charge < -0.3 is 10.1 Å². The quantitative estimate of drug-likeness (QED) is 0.746. The Morgan fingerprint density at radius 1 is 1.14 bits per heavy atom. The molecule has 0 spiro atoms. The monoisotopic (exact) mass is 383 g/mol. The maximum atomic E-state index is 12.1. The van der Waals surface area contributed by atoms with Crippen molar-refractivity contribution in [2.75, 3.05) is 19.4 Å². The van der Waals surface area contributed by atoms with E-state index in [1.807, 2.05) is 18.2 Å². The fourth-order valence-corrected chi connectivity index (χ4v) is 3.81. The van der Waals surface area contributed by atoms with Crippen molar-refractivity contribution in [3.63, 3.8) is 0 Å². The molecule has 6 heteroatoms. The Morgan fingerprint density at radius 2 is 1.86 bits per heavy atom. The molecule has 0 amide bonds. The number of methoxy groups -OCH3 is 1. The van der Waals surface area contributed by atoms with Crippen LogP contribution in [0.4, 0.5) is 0 Å². The summed E-state index contributed by atoms with van der Waals surface area (Å²) in [5.41, 5.74) is 1.06. The Balaban J connectivity index is 1.86. The first kappa shape index (κ1) is 17.0. The minimum absolute atomic E-state index is 0.0777. The lowest BCUT2D eigenvalue weighted by Gasteiger charge is -2.08. The van der Waals surface area contributed by atoms with Gasteiger partial charge in [0.1, 0.15) is 5.75 Å². The summed E-state index contributed by atoms with van der Waals surface area (Å²) in [5.74, 6) is 0.851. The zero-order valence-corrected chi connectivity index (χ0v) is 14.7. The van der Waals surface area contributed by atoms with E-state index in [1.165, 1.54) is 0 Å². The highest BCUT2D eigenvalue weighted by molar-refractivity contribution is 9.10. The molecule has 0 saturated heterocycles. The maximum absolute atomic E-state index is 12.1. The van der Waals surface area contributed by atoms with Gasteiger partial charge in [0.2, 0.25) is 0 Å². The zero-order valence-electron chi connectivity index (χ0n) is 12.3. The van der Waals surface area contributed by atoms with E-state index in [2.05, 4.69) is 21.2 Å². The Kier molecular flexibility index (Phi) is 5.99. The highest BCUT2D eigenvalue weighted by Gasteiger charge is 2.12. The predicted molar refractivity (Wildman–Crippen MR) is 90.9 cm³/mol. The fraction of sp³-hybridized carbons (Fsp3) is 0.250. The van der Waals surface area contributed by atoms with Gasteiger partial charge in [-0.1, -0.05) is 24.3 Å². The number of halogens is 1. The summed E-state index contributed by atoms with van der Waals surface area (Å²) in [6.07, 6.45) is 0. The van der Waals surface area contributed by atoms with Crippen LogP contribution in [0.15, 0.2) is 57.9 Å². The van der Waals surface area contributed by atoms with Crippen LogP contribution in [-0.4, -0.2) is 27.8 Å². The van der Waals surface area contributed by atoms with Crippen molar-refractivity contribution in [1.29, 1.82) is 0 Å². The third-order valence-electron chi connectivity index (χ3n) is 3.20. The standard InChI is InChI=1S/C16H18BrNO3S/c1-21-16-8-7-13(11-15(16)17)12-18-9-10-22(19,20)14-5-3-2-4-6-14/h2-8,11,18H,9-10,12H2,1H3. The van der Waals surface area contributed by atoms with Gasteiger partial charge in [-0.15, -0.1) is 0 Å². The van der Waals surface area contributed by atoms with E-state index in [0.717, 1.165) is 15.8 Å². The van der Waals surface area contributed by atoms with Crippen molar-refractivity contribution in [2.24, 2.45) is 0 Å². The first-order valence-electron chi connectivity index (χ1n) is 6.84. The second kappa shape index (κ2) is 7.76. The Bertz CT molecular complexity index is 717. The first-order valence-corrected chi connectivity index (χ1v) is 9.28. The summed E-state index contributed by atoms with van der Waals surface area (Å²) in [5, 5.41) is 3.15. The molecule has 0 fully saturated rings. The highest BCUT2D eigenvalue weighted by atomic mass is 79.9. The normalized spacial score (nSPS) is 11.4. The number of rotatable bonds is 7. The summed E-state index contributed by atoms with van der Waals surface area (Å²) in [6, 6.07) is 14.3. The average Bonchev–Trinajstić information content (AvgIpc) is 2.53. The van der Waals surface area contributed by atoms with Crippen LogP contribution in [0.25, 0.3) is 0 Å². The summed E-state index contributed by atoms with van der Waals surface area (Å²) >= 11 is 3.43. The molecule has 1 N–H and O–H groups in total. The van der Waals surface area contributed by atoms with E-state index in [0.29, 0.717) is 18.0 Å². The van der Waals surface area contributed by atoms with Gasteiger partial charge >= 0.3 is 0 Å². The van der Waals surface area contributed by atoms with E-state index < -0.39 is 9.84 Å². The molecule has 0 heterocycles. The lowest BCUT2D eigenvalue weighted by molar-refractivity contribution is 0.412. The van der Waals surface area contributed by atoms with Crippen LogP contribution >= 0.6 is 15.9 Å². The van der Waals surface area contributed by atoms with Crippen LogP contribution in [0.2, 0.25) is 0 Å². The molecule has 2 aromatic rings. The SMILES string of the molecule is COc1ccc(CNCCS(=O)(=O)c2ccccc2)cc1Br. The van der Waals surface area contributed by atoms with Crippen LogP contribution < -0.4 is 10.1 Å². The minimum Gasteiger partial charge on any atom is -0.496 e. The predicted octanol–water partition coefficient (Wildman–Crippen LogP) is 3.02. The number of sulfone groups is 1. The fourth-order valence-electron chi connectivity index (χ4n) is 2.00. The highest BCUT2D eigenvalue weighted by Crippen LogP contribution is 2.25. The van der Waals surface area contributed by atoms with Gasteiger partial charge in [-0.2, -0.15) is 0 Å². The van der Waals surface area contributed by atoms with Crippen molar-refractivity contribution in [2.45, 2.75) is 11.4 Å². The maximum Gasteiger partial charge on any atom is 0.179 e. The number of hydrogen-bond acceptors (Lipinski definition) is 4. The lowest BCUT2D eigenvalue weighted by atomic mass is 10.2. The average molecular weight is 384 g/mol. The molecule has 2 aromatic carbocycles. The molecule has 0 aromatic heterocycles. The van der Waals surface area contributed by atoms with Gasteiger partial charge in [-0.3, -0.25) is 0 Å². The Labute approximate surface area is 139 Å². The number of ether oxygens (including phenoxy) is 1. The van der Waals surface area contributed by atoms with Gasteiger partial charge in [0, 0.05) is 13.1 Å². The van der Waals surface area contributed by atoms with Crippen LogP contribution in [0.5, 0.6) is 5.75 Å².